The molecule has 0 unspecified atom stereocenters. The van der Waals surface area contributed by atoms with Gasteiger partial charge in [-0.05, 0) is 50.7 Å². The predicted octanol–water partition coefficient (Wildman–Crippen LogP) is 2.33. The fourth-order valence-corrected chi connectivity index (χ4v) is 5.13. The van der Waals surface area contributed by atoms with Crippen molar-refractivity contribution in [3.63, 3.8) is 0 Å². The van der Waals surface area contributed by atoms with Gasteiger partial charge in [-0.1, -0.05) is 12.1 Å². The van der Waals surface area contributed by atoms with Crippen LogP contribution in [0.3, 0.4) is 0 Å². The highest BCUT2D eigenvalue weighted by Crippen LogP contribution is 2.29. The Labute approximate surface area is 160 Å². The Kier molecular flexibility index (Phi) is 5.98. The summed E-state index contributed by atoms with van der Waals surface area (Å²) in [6.07, 6.45) is 1.74. The molecular formula is C19H27FN4O2S. The van der Waals surface area contributed by atoms with Crippen LogP contribution in [0.15, 0.2) is 30.3 Å². The lowest BCUT2D eigenvalue weighted by Crippen LogP contribution is -2.39. The molecule has 8 heteroatoms. The normalized spacial score (nSPS) is 18.9. The summed E-state index contributed by atoms with van der Waals surface area (Å²) in [6.45, 7) is 1.77. The number of piperidine rings is 1. The molecule has 0 spiro atoms. The Morgan fingerprint density at radius 1 is 1.26 bits per heavy atom. The highest BCUT2D eigenvalue weighted by molar-refractivity contribution is 7.88. The van der Waals surface area contributed by atoms with Gasteiger partial charge in [0.15, 0.2) is 0 Å². The van der Waals surface area contributed by atoms with Crippen molar-refractivity contribution < 1.29 is 12.8 Å². The fraction of sp³-hybridized carbons (Fsp3) is 0.526. The molecule has 1 saturated heterocycles. The van der Waals surface area contributed by atoms with E-state index < -0.39 is 10.0 Å². The second kappa shape index (κ2) is 8.08. The van der Waals surface area contributed by atoms with Gasteiger partial charge in [-0.3, -0.25) is 4.68 Å². The van der Waals surface area contributed by atoms with Crippen LogP contribution in [0.25, 0.3) is 0 Å². The van der Waals surface area contributed by atoms with Crippen LogP contribution >= 0.6 is 0 Å². The highest BCUT2D eigenvalue weighted by Gasteiger charge is 2.31. The summed E-state index contributed by atoms with van der Waals surface area (Å²) in [7, 11) is 2.50. The first-order chi connectivity index (χ1) is 12.7. The summed E-state index contributed by atoms with van der Waals surface area (Å²) >= 11 is 0. The Hall–Kier alpha value is -1.77. The Morgan fingerprint density at radius 3 is 2.63 bits per heavy atom. The van der Waals surface area contributed by atoms with Crippen LogP contribution in [0.1, 0.15) is 35.7 Å². The monoisotopic (exact) mass is 394 g/mol. The molecule has 27 heavy (non-hydrogen) atoms. The molecule has 6 nitrogen and oxygen atoms in total. The maximum Gasteiger partial charge on any atom is 0.218 e. The molecule has 2 aromatic rings. The minimum atomic E-state index is -3.44. The lowest BCUT2D eigenvalue weighted by molar-refractivity contribution is 0.311. The molecule has 3 rings (SSSR count). The maximum atomic E-state index is 13.1. The molecule has 0 N–H and O–H groups in total. The number of sulfonamides is 1. The van der Waals surface area contributed by atoms with E-state index in [-0.39, 0.29) is 17.5 Å². The van der Waals surface area contributed by atoms with E-state index in [4.69, 9.17) is 0 Å². The van der Waals surface area contributed by atoms with Crippen LogP contribution in [0.5, 0.6) is 0 Å². The van der Waals surface area contributed by atoms with E-state index >= 15 is 0 Å². The molecular weight excluding hydrogens is 367 g/mol. The first-order valence-electron chi connectivity index (χ1n) is 9.14. The molecule has 0 aliphatic carbocycles. The molecule has 1 aliphatic rings. The van der Waals surface area contributed by atoms with Gasteiger partial charge >= 0.3 is 0 Å². The van der Waals surface area contributed by atoms with E-state index in [2.05, 4.69) is 16.1 Å². The number of halogens is 1. The highest BCUT2D eigenvalue weighted by atomic mass is 32.2. The molecule has 0 amide bonds. The minimum absolute atomic E-state index is 0.101. The first-order valence-corrected chi connectivity index (χ1v) is 10.8. The number of rotatable bonds is 6. The quantitative estimate of drug-likeness (QED) is 0.755. The molecule has 148 valence electrons. The Bertz CT molecular complexity index is 878. The standard InChI is InChI=1S/C19H27FN4O2S/c1-22(2)13-18-11-19(21-23(18)3)16-5-4-10-24(12-16)27(25,26)14-15-6-8-17(20)9-7-15/h6-9,11,16H,4-5,10,12-14H2,1-3H3/t16-/m1/s1. The molecule has 2 heterocycles. The summed E-state index contributed by atoms with van der Waals surface area (Å²) in [6, 6.07) is 7.73. The van der Waals surface area contributed by atoms with Crippen molar-refractivity contribution in [2.75, 3.05) is 27.2 Å². The van der Waals surface area contributed by atoms with E-state index in [9.17, 15) is 12.8 Å². The minimum Gasteiger partial charge on any atom is -0.304 e. The zero-order valence-electron chi connectivity index (χ0n) is 16.1. The molecule has 0 bridgehead atoms. The number of aromatic nitrogens is 2. The Morgan fingerprint density at radius 2 is 1.96 bits per heavy atom. The van der Waals surface area contributed by atoms with Crippen LogP contribution < -0.4 is 0 Å². The van der Waals surface area contributed by atoms with Gasteiger partial charge < -0.3 is 4.90 Å². The SMILES string of the molecule is CN(C)Cc1cc([C@@H]2CCCN(S(=O)(=O)Cc3ccc(F)cc3)C2)nn1C. The summed E-state index contributed by atoms with van der Waals surface area (Å²) in [5.74, 6) is -0.365. The first kappa shape index (κ1) is 20.0. The second-order valence-electron chi connectivity index (χ2n) is 7.50. The largest absolute Gasteiger partial charge is 0.304 e. The van der Waals surface area contributed by atoms with Crippen LogP contribution in [0.2, 0.25) is 0 Å². The van der Waals surface area contributed by atoms with Gasteiger partial charge in [-0.2, -0.15) is 5.10 Å². The van der Waals surface area contributed by atoms with Gasteiger partial charge in [-0.25, -0.2) is 17.1 Å². The van der Waals surface area contributed by atoms with Crippen molar-refractivity contribution in [2.24, 2.45) is 7.05 Å². The van der Waals surface area contributed by atoms with Gasteiger partial charge in [0.25, 0.3) is 0 Å². The Balaban J connectivity index is 1.72. The molecule has 1 fully saturated rings. The van der Waals surface area contributed by atoms with Gasteiger partial charge in [0.2, 0.25) is 10.0 Å². The predicted molar refractivity (Wildman–Crippen MR) is 103 cm³/mol. The van der Waals surface area contributed by atoms with E-state index in [1.807, 2.05) is 25.8 Å². The lowest BCUT2D eigenvalue weighted by atomic mass is 9.96. The summed E-state index contributed by atoms with van der Waals surface area (Å²) in [4.78, 5) is 2.08. The van der Waals surface area contributed by atoms with Gasteiger partial charge in [0.05, 0.1) is 17.1 Å². The number of hydrogen-bond donors (Lipinski definition) is 0. The summed E-state index contributed by atoms with van der Waals surface area (Å²) in [5.41, 5.74) is 2.67. The smallest absolute Gasteiger partial charge is 0.218 e. The average Bonchev–Trinajstić information content (AvgIpc) is 2.97. The van der Waals surface area contributed by atoms with Crippen LogP contribution in [0.4, 0.5) is 4.39 Å². The van der Waals surface area contributed by atoms with Gasteiger partial charge in [-0.15, -0.1) is 0 Å². The summed E-state index contributed by atoms with van der Waals surface area (Å²) < 4.78 is 42.2. The number of hydrogen-bond acceptors (Lipinski definition) is 4. The van der Waals surface area contributed by atoms with Crippen LogP contribution in [0, 0.1) is 5.82 Å². The third kappa shape index (κ3) is 4.94. The van der Waals surface area contributed by atoms with Crippen molar-refractivity contribution in [1.29, 1.82) is 0 Å². The van der Waals surface area contributed by atoms with Crippen molar-refractivity contribution >= 4 is 10.0 Å². The van der Waals surface area contributed by atoms with Crippen LogP contribution in [-0.4, -0.2) is 54.6 Å². The number of benzene rings is 1. The van der Waals surface area contributed by atoms with Crippen molar-refractivity contribution in [3.8, 4) is 0 Å². The average molecular weight is 395 g/mol. The fourth-order valence-electron chi connectivity index (χ4n) is 3.52. The van der Waals surface area contributed by atoms with E-state index in [1.165, 1.54) is 24.3 Å². The van der Waals surface area contributed by atoms with Crippen molar-refractivity contribution in [3.05, 3.63) is 53.1 Å². The number of nitrogens with zero attached hydrogens (tertiary/aromatic N) is 4. The maximum absolute atomic E-state index is 13.1. The van der Waals surface area contributed by atoms with Crippen molar-refractivity contribution in [1.82, 2.24) is 19.0 Å². The lowest BCUT2D eigenvalue weighted by Gasteiger charge is -2.31. The molecule has 1 aliphatic heterocycles. The zero-order valence-corrected chi connectivity index (χ0v) is 16.9. The third-order valence-electron chi connectivity index (χ3n) is 4.93. The topological polar surface area (TPSA) is 58.4 Å². The third-order valence-corrected chi connectivity index (χ3v) is 6.75. The molecule has 1 atom stereocenters. The molecule has 1 aromatic heterocycles. The van der Waals surface area contributed by atoms with Crippen LogP contribution in [-0.2, 0) is 29.4 Å². The van der Waals surface area contributed by atoms with Crippen molar-refractivity contribution in [2.45, 2.75) is 31.1 Å². The zero-order chi connectivity index (χ0) is 19.6. The summed E-state index contributed by atoms with van der Waals surface area (Å²) in [5, 5.41) is 4.62. The second-order valence-corrected chi connectivity index (χ2v) is 9.47. The molecule has 0 saturated carbocycles. The van der Waals surface area contributed by atoms with E-state index in [0.717, 1.165) is 30.8 Å². The number of aryl methyl sites for hydroxylation is 1. The van der Waals surface area contributed by atoms with Gasteiger partial charge in [0.1, 0.15) is 5.82 Å². The van der Waals surface area contributed by atoms with Gasteiger partial charge in [0, 0.05) is 32.6 Å². The van der Waals surface area contributed by atoms with E-state index in [0.29, 0.717) is 18.7 Å². The van der Waals surface area contributed by atoms with E-state index in [1.54, 1.807) is 4.31 Å². The molecule has 1 aromatic carbocycles. The molecule has 0 radical (unpaired) electrons.